The maximum absolute atomic E-state index is 5.60. The molecule has 1 radical (unpaired) electrons. The third-order valence-corrected chi connectivity index (χ3v) is 1.84. The molecule has 1 aliphatic heterocycles. The number of nitrogens with one attached hydrogen (secondary N) is 1. The highest BCUT2D eigenvalue weighted by Gasteiger charge is 2.12. The van der Waals surface area contributed by atoms with Gasteiger partial charge in [0.1, 0.15) is 6.23 Å². The first kappa shape index (κ1) is 9.01. The molecule has 11 heavy (non-hydrogen) atoms. The molecule has 0 amide bonds. The van der Waals surface area contributed by atoms with Gasteiger partial charge in [-0.1, -0.05) is 13.8 Å². The summed E-state index contributed by atoms with van der Waals surface area (Å²) in [6.07, 6.45) is 4.10. The molecule has 0 aromatic rings. The predicted octanol–water partition coefficient (Wildman–Crippen LogP) is 1.72. The minimum Gasteiger partial charge on any atom is -0.363 e. The van der Waals surface area contributed by atoms with E-state index in [1.807, 2.05) is 0 Å². The van der Waals surface area contributed by atoms with E-state index in [0.717, 1.165) is 13.2 Å². The van der Waals surface area contributed by atoms with E-state index in [2.05, 4.69) is 19.2 Å². The van der Waals surface area contributed by atoms with Crippen LogP contribution >= 0.6 is 0 Å². The van der Waals surface area contributed by atoms with Gasteiger partial charge in [0.2, 0.25) is 0 Å². The van der Waals surface area contributed by atoms with Crippen molar-refractivity contribution in [2.75, 3.05) is 13.2 Å². The van der Waals surface area contributed by atoms with Gasteiger partial charge in [0.25, 0.3) is 0 Å². The predicted molar refractivity (Wildman–Crippen MR) is 46.2 cm³/mol. The summed E-state index contributed by atoms with van der Waals surface area (Å²) in [4.78, 5) is 0. The molecule has 1 saturated heterocycles. The standard InChI is InChI=1S/C9H18NO/c1-8(2)7-11-9-5-3-4-6-10-9/h9-10H,3-7H2,1-2H3. The minimum atomic E-state index is 0.318. The maximum atomic E-state index is 5.60. The van der Waals surface area contributed by atoms with Crippen molar-refractivity contribution in [2.45, 2.75) is 39.3 Å². The van der Waals surface area contributed by atoms with Gasteiger partial charge in [-0.25, -0.2) is 0 Å². The summed E-state index contributed by atoms with van der Waals surface area (Å²) < 4.78 is 5.60. The van der Waals surface area contributed by atoms with E-state index in [9.17, 15) is 0 Å². The Labute approximate surface area is 69.3 Å². The molecule has 1 rings (SSSR count). The van der Waals surface area contributed by atoms with Gasteiger partial charge >= 0.3 is 0 Å². The SMILES string of the molecule is C[C](C)COC1CCCCN1. The molecule has 2 nitrogen and oxygen atoms in total. The summed E-state index contributed by atoms with van der Waals surface area (Å²) in [7, 11) is 0. The molecule has 65 valence electrons. The molecule has 1 atom stereocenters. The Kier molecular flexibility index (Phi) is 3.87. The van der Waals surface area contributed by atoms with Crippen LogP contribution in [0.15, 0.2) is 0 Å². The average molecular weight is 156 g/mol. The van der Waals surface area contributed by atoms with Crippen LogP contribution in [0.3, 0.4) is 0 Å². The van der Waals surface area contributed by atoms with Crippen LogP contribution < -0.4 is 5.32 Å². The Balaban J connectivity index is 2.05. The van der Waals surface area contributed by atoms with Gasteiger partial charge < -0.3 is 4.74 Å². The number of hydrogen-bond acceptors (Lipinski definition) is 2. The molecule has 1 heterocycles. The molecule has 0 saturated carbocycles. The van der Waals surface area contributed by atoms with Gasteiger partial charge in [0.05, 0.1) is 6.61 Å². The maximum Gasteiger partial charge on any atom is 0.108 e. The van der Waals surface area contributed by atoms with E-state index < -0.39 is 0 Å². The normalized spacial score (nSPS) is 25.9. The molecule has 1 aliphatic rings. The van der Waals surface area contributed by atoms with Crippen LogP contribution in [-0.2, 0) is 4.74 Å². The van der Waals surface area contributed by atoms with E-state index in [1.165, 1.54) is 25.2 Å². The molecule has 0 aromatic heterocycles. The number of rotatable bonds is 3. The van der Waals surface area contributed by atoms with E-state index in [4.69, 9.17) is 4.74 Å². The van der Waals surface area contributed by atoms with Gasteiger partial charge in [-0.15, -0.1) is 0 Å². The Hall–Kier alpha value is -0.0800. The number of ether oxygens (including phenoxy) is 1. The molecule has 0 spiro atoms. The third-order valence-electron chi connectivity index (χ3n) is 1.84. The number of hydrogen-bond donors (Lipinski definition) is 1. The molecule has 2 heteroatoms. The minimum absolute atomic E-state index is 0.318. The quantitative estimate of drug-likeness (QED) is 0.671. The van der Waals surface area contributed by atoms with Crippen molar-refractivity contribution < 1.29 is 4.74 Å². The van der Waals surface area contributed by atoms with Crippen LogP contribution in [0.2, 0.25) is 0 Å². The first-order valence-corrected chi connectivity index (χ1v) is 4.43. The van der Waals surface area contributed by atoms with Gasteiger partial charge in [-0.3, -0.25) is 5.32 Å². The highest BCUT2D eigenvalue weighted by atomic mass is 16.5. The van der Waals surface area contributed by atoms with Crippen molar-refractivity contribution in [1.82, 2.24) is 5.32 Å². The highest BCUT2D eigenvalue weighted by molar-refractivity contribution is 4.76. The lowest BCUT2D eigenvalue weighted by atomic mass is 10.1. The first-order valence-electron chi connectivity index (χ1n) is 4.43. The van der Waals surface area contributed by atoms with E-state index in [-0.39, 0.29) is 0 Å². The molecule has 1 N–H and O–H groups in total. The fourth-order valence-electron chi connectivity index (χ4n) is 1.23. The lowest BCUT2D eigenvalue weighted by Crippen LogP contribution is -2.36. The molecule has 1 fully saturated rings. The van der Waals surface area contributed by atoms with E-state index in [1.54, 1.807) is 0 Å². The summed E-state index contributed by atoms with van der Waals surface area (Å²) >= 11 is 0. The van der Waals surface area contributed by atoms with Gasteiger partial charge in [0, 0.05) is 0 Å². The molecule has 1 unspecified atom stereocenters. The summed E-state index contributed by atoms with van der Waals surface area (Å²) in [6, 6.07) is 0. The topological polar surface area (TPSA) is 21.3 Å². The molecule has 0 bridgehead atoms. The zero-order chi connectivity index (χ0) is 8.10. The zero-order valence-electron chi connectivity index (χ0n) is 7.52. The van der Waals surface area contributed by atoms with Crippen LogP contribution in [0.5, 0.6) is 0 Å². The lowest BCUT2D eigenvalue weighted by Gasteiger charge is -2.24. The fourth-order valence-corrected chi connectivity index (χ4v) is 1.23. The largest absolute Gasteiger partial charge is 0.363 e. The van der Waals surface area contributed by atoms with E-state index in [0.29, 0.717) is 6.23 Å². The Morgan fingerprint density at radius 2 is 2.27 bits per heavy atom. The van der Waals surface area contributed by atoms with Crippen LogP contribution in [-0.4, -0.2) is 19.4 Å². The average Bonchev–Trinajstić information content (AvgIpc) is 2.03. The van der Waals surface area contributed by atoms with Gasteiger partial charge in [-0.05, 0) is 31.7 Å². The van der Waals surface area contributed by atoms with Crippen molar-refractivity contribution >= 4 is 0 Å². The second-order valence-electron chi connectivity index (χ2n) is 3.46. The molecule has 0 aliphatic carbocycles. The Bertz CT molecular complexity index is 97.7. The Morgan fingerprint density at radius 3 is 2.82 bits per heavy atom. The third kappa shape index (κ3) is 3.73. The molecular formula is C9H18NO. The second kappa shape index (κ2) is 4.73. The second-order valence-corrected chi connectivity index (χ2v) is 3.46. The monoisotopic (exact) mass is 156 g/mol. The molecular weight excluding hydrogens is 138 g/mol. The van der Waals surface area contributed by atoms with Gasteiger partial charge in [0.15, 0.2) is 0 Å². The van der Waals surface area contributed by atoms with Crippen molar-refractivity contribution in [3.8, 4) is 0 Å². The van der Waals surface area contributed by atoms with Crippen LogP contribution in [0.25, 0.3) is 0 Å². The highest BCUT2D eigenvalue weighted by Crippen LogP contribution is 2.09. The summed E-state index contributed by atoms with van der Waals surface area (Å²) in [6.45, 7) is 6.12. The smallest absolute Gasteiger partial charge is 0.108 e. The van der Waals surface area contributed by atoms with Crippen LogP contribution in [0.1, 0.15) is 33.1 Å². The first-order chi connectivity index (χ1) is 5.29. The van der Waals surface area contributed by atoms with Crippen molar-refractivity contribution in [1.29, 1.82) is 0 Å². The van der Waals surface area contributed by atoms with Crippen LogP contribution in [0, 0.1) is 5.92 Å². The lowest BCUT2D eigenvalue weighted by molar-refractivity contribution is 0.0192. The Morgan fingerprint density at radius 1 is 1.45 bits per heavy atom. The van der Waals surface area contributed by atoms with Gasteiger partial charge in [-0.2, -0.15) is 0 Å². The number of piperidine rings is 1. The van der Waals surface area contributed by atoms with Crippen molar-refractivity contribution in [2.24, 2.45) is 0 Å². The zero-order valence-corrected chi connectivity index (χ0v) is 7.52. The summed E-state index contributed by atoms with van der Waals surface area (Å²) in [5.74, 6) is 1.34. The van der Waals surface area contributed by atoms with Crippen molar-refractivity contribution in [3.63, 3.8) is 0 Å². The van der Waals surface area contributed by atoms with Crippen LogP contribution in [0.4, 0.5) is 0 Å². The van der Waals surface area contributed by atoms with E-state index >= 15 is 0 Å². The fraction of sp³-hybridized carbons (Fsp3) is 0.889. The van der Waals surface area contributed by atoms with Crippen molar-refractivity contribution in [3.05, 3.63) is 5.92 Å². The summed E-state index contributed by atoms with van der Waals surface area (Å²) in [5, 5.41) is 3.34. The summed E-state index contributed by atoms with van der Waals surface area (Å²) in [5.41, 5.74) is 0. The molecule has 0 aromatic carbocycles.